The highest BCUT2D eigenvalue weighted by atomic mass is 15.3. The molecule has 0 amide bonds. The number of nitrogens with zero attached hydrogens (tertiary/aromatic N) is 2. The van der Waals surface area contributed by atoms with Crippen LogP contribution in [0.2, 0.25) is 0 Å². The summed E-state index contributed by atoms with van der Waals surface area (Å²) >= 11 is 0. The van der Waals surface area contributed by atoms with Crippen molar-refractivity contribution in [3.8, 4) is 0 Å². The summed E-state index contributed by atoms with van der Waals surface area (Å²) in [5.74, 6) is 0. The van der Waals surface area contributed by atoms with Gasteiger partial charge in [0, 0.05) is 32.7 Å². The second-order valence-corrected chi connectivity index (χ2v) is 5.43. The summed E-state index contributed by atoms with van der Waals surface area (Å²) in [4.78, 5) is 5.09. The van der Waals surface area contributed by atoms with Crippen LogP contribution in [-0.4, -0.2) is 49.1 Å². The van der Waals surface area contributed by atoms with Gasteiger partial charge in [0.1, 0.15) is 0 Å². The molecule has 1 aromatic rings. The lowest BCUT2D eigenvalue weighted by molar-refractivity contribution is 0.127. The lowest BCUT2D eigenvalue weighted by Gasteiger charge is -2.34. The van der Waals surface area contributed by atoms with Crippen LogP contribution in [0.25, 0.3) is 0 Å². The largest absolute Gasteiger partial charge is 0.330 e. The van der Waals surface area contributed by atoms with Gasteiger partial charge in [-0.2, -0.15) is 0 Å². The van der Waals surface area contributed by atoms with Crippen molar-refractivity contribution in [3.63, 3.8) is 0 Å². The maximum Gasteiger partial charge on any atom is 0.0234 e. The number of hydrogen-bond donors (Lipinski definition) is 1. The van der Waals surface area contributed by atoms with Crippen LogP contribution in [0, 0.1) is 0 Å². The summed E-state index contributed by atoms with van der Waals surface area (Å²) in [7, 11) is 0. The summed E-state index contributed by atoms with van der Waals surface area (Å²) in [5.41, 5.74) is 8.43. The molecule has 0 spiro atoms. The van der Waals surface area contributed by atoms with E-state index >= 15 is 0 Å². The first-order valence-corrected chi connectivity index (χ1v) is 7.54. The van der Waals surface area contributed by atoms with Crippen molar-refractivity contribution in [2.45, 2.75) is 26.3 Å². The molecular formula is C16H27N3. The van der Waals surface area contributed by atoms with Crippen LogP contribution in [0.4, 0.5) is 0 Å². The molecule has 2 rings (SSSR count). The van der Waals surface area contributed by atoms with E-state index in [1.807, 2.05) is 0 Å². The number of benzene rings is 1. The van der Waals surface area contributed by atoms with E-state index < -0.39 is 0 Å². The zero-order valence-corrected chi connectivity index (χ0v) is 12.1. The normalized spacial score (nSPS) is 17.8. The molecule has 0 aromatic heterocycles. The number of aryl methyl sites for hydroxylation is 1. The topological polar surface area (TPSA) is 32.5 Å². The van der Waals surface area contributed by atoms with Gasteiger partial charge < -0.3 is 10.6 Å². The Morgan fingerprint density at radius 3 is 2.11 bits per heavy atom. The second kappa shape index (κ2) is 7.63. The molecule has 0 bridgehead atoms. The van der Waals surface area contributed by atoms with Gasteiger partial charge in [0.2, 0.25) is 0 Å². The zero-order valence-electron chi connectivity index (χ0n) is 12.1. The van der Waals surface area contributed by atoms with Gasteiger partial charge in [-0.15, -0.1) is 0 Å². The molecule has 1 aliphatic rings. The van der Waals surface area contributed by atoms with Gasteiger partial charge in [0.25, 0.3) is 0 Å². The fourth-order valence-corrected chi connectivity index (χ4v) is 2.62. The molecule has 0 unspecified atom stereocenters. The Bertz CT molecular complexity index is 353. The molecule has 0 aliphatic carbocycles. The Morgan fingerprint density at radius 1 is 0.947 bits per heavy atom. The van der Waals surface area contributed by atoms with Crippen molar-refractivity contribution in [2.75, 3.05) is 39.3 Å². The van der Waals surface area contributed by atoms with Crippen LogP contribution in [0.3, 0.4) is 0 Å². The van der Waals surface area contributed by atoms with Gasteiger partial charge >= 0.3 is 0 Å². The zero-order chi connectivity index (χ0) is 13.5. The van der Waals surface area contributed by atoms with Gasteiger partial charge in [-0.3, -0.25) is 4.90 Å². The summed E-state index contributed by atoms with van der Waals surface area (Å²) in [6.07, 6.45) is 2.25. The Balaban J connectivity index is 1.75. The first-order valence-electron chi connectivity index (χ1n) is 7.54. The van der Waals surface area contributed by atoms with Gasteiger partial charge in [0.15, 0.2) is 0 Å². The Labute approximate surface area is 117 Å². The van der Waals surface area contributed by atoms with Crippen LogP contribution >= 0.6 is 0 Å². The minimum absolute atomic E-state index is 0.810. The molecule has 1 saturated heterocycles. The maximum absolute atomic E-state index is 5.56. The number of nitrogens with two attached hydrogens (primary N) is 1. The van der Waals surface area contributed by atoms with E-state index in [1.54, 1.807) is 0 Å². The lowest BCUT2D eigenvalue weighted by atomic mass is 10.1. The first-order chi connectivity index (χ1) is 9.31. The van der Waals surface area contributed by atoms with Crippen LogP contribution in [0.5, 0.6) is 0 Å². The van der Waals surface area contributed by atoms with Gasteiger partial charge in [0.05, 0.1) is 0 Å². The van der Waals surface area contributed by atoms with Crippen LogP contribution in [0.1, 0.15) is 24.5 Å². The monoisotopic (exact) mass is 261 g/mol. The van der Waals surface area contributed by atoms with Crippen molar-refractivity contribution in [3.05, 3.63) is 35.4 Å². The Morgan fingerprint density at radius 2 is 1.53 bits per heavy atom. The maximum atomic E-state index is 5.56. The average Bonchev–Trinajstić information content (AvgIpc) is 2.47. The molecule has 1 heterocycles. The fraction of sp³-hybridized carbons (Fsp3) is 0.625. The van der Waals surface area contributed by atoms with E-state index in [4.69, 9.17) is 5.73 Å². The van der Waals surface area contributed by atoms with Crippen LogP contribution < -0.4 is 5.73 Å². The van der Waals surface area contributed by atoms with E-state index in [9.17, 15) is 0 Å². The molecule has 1 aliphatic heterocycles. The van der Waals surface area contributed by atoms with Crippen molar-refractivity contribution >= 4 is 0 Å². The summed E-state index contributed by atoms with van der Waals surface area (Å²) in [5, 5.41) is 0. The molecule has 1 fully saturated rings. The first kappa shape index (κ1) is 14.5. The summed E-state index contributed by atoms with van der Waals surface area (Å²) in [6.45, 7) is 10.0. The summed E-state index contributed by atoms with van der Waals surface area (Å²) < 4.78 is 0. The minimum Gasteiger partial charge on any atom is -0.330 e. The number of hydrogen-bond acceptors (Lipinski definition) is 3. The molecule has 3 nitrogen and oxygen atoms in total. The van der Waals surface area contributed by atoms with E-state index in [2.05, 4.69) is 41.0 Å². The number of rotatable bonds is 6. The predicted octanol–water partition coefficient (Wildman–Crippen LogP) is 1.72. The second-order valence-electron chi connectivity index (χ2n) is 5.43. The van der Waals surface area contributed by atoms with E-state index in [-0.39, 0.29) is 0 Å². The van der Waals surface area contributed by atoms with Gasteiger partial charge in [-0.05, 0) is 37.1 Å². The third kappa shape index (κ3) is 4.60. The smallest absolute Gasteiger partial charge is 0.0234 e. The van der Waals surface area contributed by atoms with Crippen molar-refractivity contribution in [1.82, 2.24) is 9.80 Å². The van der Waals surface area contributed by atoms with Crippen LogP contribution in [0.15, 0.2) is 24.3 Å². The molecule has 3 heteroatoms. The van der Waals surface area contributed by atoms with Crippen molar-refractivity contribution in [1.29, 1.82) is 0 Å². The quantitative estimate of drug-likeness (QED) is 0.846. The molecule has 106 valence electrons. The third-order valence-corrected chi connectivity index (χ3v) is 3.98. The van der Waals surface area contributed by atoms with E-state index in [1.165, 1.54) is 37.3 Å². The SMILES string of the molecule is CCc1ccc(CN2CCN(CCCN)CC2)cc1. The minimum atomic E-state index is 0.810. The fourth-order valence-electron chi connectivity index (χ4n) is 2.62. The molecule has 1 aromatic carbocycles. The van der Waals surface area contributed by atoms with Gasteiger partial charge in [-0.1, -0.05) is 31.2 Å². The highest BCUT2D eigenvalue weighted by Gasteiger charge is 2.16. The van der Waals surface area contributed by atoms with Crippen molar-refractivity contribution in [2.24, 2.45) is 5.73 Å². The molecule has 0 saturated carbocycles. The standard InChI is InChI=1S/C16H27N3/c1-2-15-4-6-16(7-5-15)14-19-12-10-18(11-13-19)9-3-8-17/h4-7H,2-3,8-14,17H2,1H3. The van der Waals surface area contributed by atoms with Gasteiger partial charge in [-0.25, -0.2) is 0 Å². The predicted molar refractivity (Wildman–Crippen MR) is 81.2 cm³/mol. The van der Waals surface area contributed by atoms with E-state index in [0.29, 0.717) is 0 Å². The average molecular weight is 261 g/mol. The summed E-state index contributed by atoms with van der Waals surface area (Å²) in [6, 6.07) is 9.07. The highest BCUT2D eigenvalue weighted by molar-refractivity contribution is 5.22. The third-order valence-electron chi connectivity index (χ3n) is 3.98. The van der Waals surface area contributed by atoms with E-state index in [0.717, 1.165) is 32.5 Å². The highest BCUT2D eigenvalue weighted by Crippen LogP contribution is 2.10. The van der Waals surface area contributed by atoms with Crippen LogP contribution in [-0.2, 0) is 13.0 Å². The molecule has 0 radical (unpaired) electrons. The molecule has 0 atom stereocenters. The molecule has 2 N–H and O–H groups in total. The van der Waals surface area contributed by atoms with Crippen molar-refractivity contribution < 1.29 is 0 Å². The Hall–Kier alpha value is -0.900. The number of piperazine rings is 1. The Kier molecular flexibility index (Phi) is 5.83. The lowest BCUT2D eigenvalue weighted by Crippen LogP contribution is -2.46. The molecule has 19 heavy (non-hydrogen) atoms. The molecular weight excluding hydrogens is 234 g/mol.